The zero-order valence-corrected chi connectivity index (χ0v) is 18.1. The third-order valence-electron chi connectivity index (χ3n) is 5.50. The fourth-order valence-corrected chi connectivity index (χ4v) is 3.88. The van der Waals surface area contributed by atoms with Gasteiger partial charge in [0.2, 0.25) is 11.8 Å². The molecule has 0 aliphatic carbocycles. The van der Waals surface area contributed by atoms with Gasteiger partial charge in [-0.3, -0.25) is 4.79 Å². The molecular formula is C28H22N2O3. The molecule has 5 aromatic rings. The van der Waals surface area contributed by atoms with Crippen molar-refractivity contribution < 1.29 is 13.9 Å². The van der Waals surface area contributed by atoms with E-state index in [2.05, 4.69) is 10.3 Å². The van der Waals surface area contributed by atoms with Crippen LogP contribution in [0.3, 0.4) is 0 Å². The summed E-state index contributed by atoms with van der Waals surface area (Å²) >= 11 is 0. The Bertz CT molecular complexity index is 1360. The van der Waals surface area contributed by atoms with Crippen LogP contribution in [0.4, 0.5) is 5.69 Å². The van der Waals surface area contributed by atoms with Gasteiger partial charge >= 0.3 is 0 Å². The van der Waals surface area contributed by atoms with Crippen molar-refractivity contribution in [3.63, 3.8) is 0 Å². The van der Waals surface area contributed by atoms with Gasteiger partial charge in [0.15, 0.2) is 5.58 Å². The molecule has 33 heavy (non-hydrogen) atoms. The van der Waals surface area contributed by atoms with Gasteiger partial charge in [0.25, 0.3) is 0 Å². The lowest BCUT2D eigenvalue weighted by Gasteiger charge is -2.18. The van der Waals surface area contributed by atoms with Gasteiger partial charge in [-0.1, -0.05) is 66.7 Å². The van der Waals surface area contributed by atoms with Crippen LogP contribution in [0.5, 0.6) is 5.75 Å². The molecule has 5 rings (SSSR count). The van der Waals surface area contributed by atoms with Gasteiger partial charge in [-0.15, -0.1) is 0 Å². The summed E-state index contributed by atoms with van der Waals surface area (Å²) in [6.45, 7) is 0. The number of hydrogen-bond donors (Lipinski definition) is 1. The highest BCUT2D eigenvalue weighted by Crippen LogP contribution is 2.30. The van der Waals surface area contributed by atoms with Crippen molar-refractivity contribution in [3.8, 4) is 17.2 Å². The van der Waals surface area contributed by atoms with Gasteiger partial charge in [0.05, 0.1) is 13.0 Å². The average molecular weight is 434 g/mol. The van der Waals surface area contributed by atoms with Crippen LogP contribution in [-0.4, -0.2) is 18.0 Å². The number of nitrogens with zero attached hydrogens (tertiary/aromatic N) is 1. The van der Waals surface area contributed by atoms with Crippen molar-refractivity contribution in [1.82, 2.24) is 4.98 Å². The van der Waals surface area contributed by atoms with Gasteiger partial charge in [-0.05, 0) is 41.5 Å². The van der Waals surface area contributed by atoms with Crippen molar-refractivity contribution >= 4 is 22.7 Å². The van der Waals surface area contributed by atoms with Crippen LogP contribution in [0.2, 0.25) is 0 Å². The lowest BCUT2D eigenvalue weighted by Crippen LogP contribution is -2.22. The highest BCUT2D eigenvalue weighted by atomic mass is 16.5. The van der Waals surface area contributed by atoms with Crippen LogP contribution in [0, 0.1) is 0 Å². The number of carbonyl (C=O) groups is 1. The molecule has 1 amide bonds. The van der Waals surface area contributed by atoms with Crippen LogP contribution in [0.1, 0.15) is 17.0 Å². The van der Waals surface area contributed by atoms with Crippen LogP contribution in [0.25, 0.3) is 22.6 Å². The molecule has 0 saturated heterocycles. The fraction of sp³-hybridized carbons (Fsp3) is 0.0714. The van der Waals surface area contributed by atoms with E-state index in [0.29, 0.717) is 22.7 Å². The first kappa shape index (κ1) is 20.5. The SMILES string of the molecule is COc1cccc(-c2nc3ccc(NC(=O)C(c4ccccc4)c4ccccc4)cc3o2)c1. The number of carbonyl (C=O) groups excluding carboxylic acids is 1. The third kappa shape index (κ3) is 4.34. The summed E-state index contributed by atoms with van der Waals surface area (Å²) in [5.41, 5.74) is 4.65. The van der Waals surface area contributed by atoms with E-state index < -0.39 is 5.92 Å². The van der Waals surface area contributed by atoms with Crippen molar-refractivity contribution in [3.05, 3.63) is 114 Å². The molecule has 0 spiro atoms. The summed E-state index contributed by atoms with van der Waals surface area (Å²) < 4.78 is 11.3. The predicted molar refractivity (Wildman–Crippen MR) is 129 cm³/mol. The number of anilines is 1. The molecular weight excluding hydrogens is 412 g/mol. The number of hydrogen-bond acceptors (Lipinski definition) is 4. The summed E-state index contributed by atoms with van der Waals surface area (Å²) in [4.78, 5) is 17.9. The molecule has 0 unspecified atom stereocenters. The molecule has 0 fully saturated rings. The number of benzene rings is 4. The van der Waals surface area contributed by atoms with E-state index in [-0.39, 0.29) is 5.91 Å². The summed E-state index contributed by atoms with van der Waals surface area (Å²) in [5, 5.41) is 3.05. The lowest BCUT2D eigenvalue weighted by atomic mass is 9.90. The quantitative estimate of drug-likeness (QED) is 0.342. The maximum atomic E-state index is 13.4. The maximum absolute atomic E-state index is 13.4. The summed E-state index contributed by atoms with van der Waals surface area (Å²) in [6, 6.07) is 32.6. The Morgan fingerprint density at radius 2 is 1.55 bits per heavy atom. The first-order valence-corrected chi connectivity index (χ1v) is 10.7. The first-order valence-electron chi connectivity index (χ1n) is 10.7. The van der Waals surface area contributed by atoms with E-state index in [4.69, 9.17) is 9.15 Å². The average Bonchev–Trinajstić information content (AvgIpc) is 3.29. The van der Waals surface area contributed by atoms with Crippen LogP contribution >= 0.6 is 0 Å². The van der Waals surface area contributed by atoms with Crippen molar-refractivity contribution in [1.29, 1.82) is 0 Å². The molecule has 1 heterocycles. The van der Waals surface area contributed by atoms with E-state index in [1.54, 1.807) is 13.2 Å². The molecule has 0 atom stereocenters. The van der Waals surface area contributed by atoms with Gasteiger partial charge in [-0.2, -0.15) is 0 Å². The fourth-order valence-electron chi connectivity index (χ4n) is 3.88. The summed E-state index contributed by atoms with van der Waals surface area (Å²) in [5.74, 6) is 0.693. The standard InChI is InChI=1S/C28H22N2O3/c1-32-23-14-8-13-21(17-23)28-30-24-16-15-22(18-25(24)33-28)29-27(31)26(19-9-4-2-5-10-19)20-11-6-3-7-12-20/h2-18,26H,1H3,(H,29,31). The molecule has 5 nitrogen and oxygen atoms in total. The van der Waals surface area contributed by atoms with Gasteiger partial charge in [-0.25, -0.2) is 4.98 Å². The van der Waals surface area contributed by atoms with E-state index >= 15 is 0 Å². The van der Waals surface area contributed by atoms with Crippen molar-refractivity contribution in [2.24, 2.45) is 0 Å². The zero-order chi connectivity index (χ0) is 22.6. The predicted octanol–water partition coefficient (Wildman–Crippen LogP) is 6.27. The molecule has 0 radical (unpaired) electrons. The topological polar surface area (TPSA) is 64.4 Å². The molecule has 1 aromatic heterocycles. The Hall–Kier alpha value is -4.38. The Morgan fingerprint density at radius 3 is 2.21 bits per heavy atom. The van der Waals surface area contributed by atoms with Gasteiger partial charge < -0.3 is 14.5 Å². The van der Waals surface area contributed by atoms with Crippen LogP contribution in [-0.2, 0) is 4.79 Å². The molecule has 0 aliphatic heterocycles. The number of nitrogens with one attached hydrogen (secondary N) is 1. The van der Waals surface area contributed by atoms with E-state index in [9.17, 15) is 4.79 Å². The first-order chi connectivity index (χ1) is 16.2. The Labute approximate surface area is 191 Å². The minimum Gasteiger partial charge on any atom is -0.497 e. The lowest BCUT2D eigenvalue weighted by molar-refractivity contribution is -0.116. The van der Waals surface area contributed by atoms with E-state index in [1.165, 1.54) is 0 Å². The minimum absolute atomic E-state index is 0.112. The minimum atomic E-state index is -0.426. The second kappa shape index (κ2) is 9.01. The van der Waals surface area contributed by atoms with E-state index in [0.717, 1.165) is 22.4 Å². The number of oxazole rings is 1. The second-order valence-electron chi connectivity index (χ2n) is 7.68. The largest absolute Gasteiger partial charge is 0.497 e. The number of amides is 1. The molecule has 162 valence electrons. The highest BCUT2D eigenvalue weighted by molar-refractivity contribution is 5.99. The number of ether oxygens (including phenoxy) is 1. The zero-order valence-electron chi connectivity index (χ0n) is 18.1. The number of rotatable bonds is 6. The molecule has 5 heteroatoms. The van der Waals surface area contributed by atoms with Crippen LogP contribution in [0.15, 0.2) is 108 Å². The van der Waals surface area contributed by atoms with Gasteiger partial charge in [0, 0.05) is 17.3 Å². The number of methoxy groups -OCH3 is 1. The van der Waals surface area contributed by atoms with Crippen LogP contribution < -0.4 is 10.1 Å². The monoisotopic (exact) mass is 434 g/mol. The summed E-state index contributed by atoms with van der Waals surface area (Å²) in [6.07, 6.45) is 0. The third-order valence-corrected chi connectivity index (χ3v) is 5.50. The molecule has 1 N–H and O–H groups in total. The molecule has 0 aliphatic rings. The Morgan fingerprint density at radius 1 is 0.848 bits per heavy atom. The smallest absolute Gasteiger partial charge is 0.236 e. The summed E-state index contributed by atoms with van der Waals surface area (Å²) in [7, 11) is 1.62. The van der Waals surface area contributed by atoms with Crippen molar-refractivity contribution in [2.45, 2.75) is 5.92 Å². The molecule has 4 aromatic carbocycles. The molecule has 0 saturated carbocycles. The van der Waals surface area contributed by atoms with Crippen molar-refractivity contribution in [2.75, 3.05) is 12.4 Å². The second-order valence-corrected chi connectivity index (χ2v) is 7.68. The van der Waals surface area contributed by atoms with Gasteiger partial charge in [0.1, 0.15) is 11.3 Å². The van der Waals surface area contributed by atoms with E-state index in [1.807, 2.05) is 97.1 Å². The maximum Gasteiger partial charge on any atom is 0.236 e. The Balaban J connectivity index is 1.44. The Kier molecular flexibility index (Phi) is 5.60. The number of fused-ring (bicyclic) bond motifs is 1. The highest BCUT2D eigenvalue weighted by Gasteiger charge is 2.23. The molecule has 0 bridgehead atoms. The normalized spacial score (nSPS) is 11.0. The number of aromatic nitrogens is 1.